The number of para-hydroxylation sites is 1. The first-order chi connectivity index (χ1) is 7.72. The fourth-order valence-corrected chi connectivity index (χ4v) is 2.15. The summed E-state index contributed by atoms with van der Waals surface area (Å²) in [5.41, 5.74) is 0.795. The van der Waals surface area contributed by atoms with E-state index in [9.17, 15) is 4.79 Å². The number of benzene rings is 1. The van der Waals surface area contributed by atoms with Gasteiger partial charge in [-0.1, -0.05) is 12.1 Å². The zero-order valence-electron chi connectivity index (χ0n) is 8.60. The molecule has 1 fully saturated rings. The zero-order chi connectivity index (χ0) is 11.5. The molecule has 5 heteroatoms. The molecule has 0 spiro atoms. The number of ether oxygens (including phenoxy) is 1. The quantitative estimate of drug-likeness (QED) is 0.906. The van der Waals surface area contributed by atoms with E-state index in [1.807, 2.05) is 24.3 Å². The van der Waals surface area contributed by atoms with Gasteiger partial charge in [0, 0.05) is 17.4 Å². The van der Waals surface area contributed by atoms with Crippen molar-refractivity contribution in [1.82, 2.24) is 0 Å². The minimum Gasteiger partial charge on any atom is -0.443 e. The van der Waals surface area contributed by atoms with Crippen molar-refractivity contribution in [2.45, 2.75) is 12.5 Å². The van der Waals surface area contributed by atoms with Crippen LogP contribution in [0.5, 0.6) is 0 Å². The monoisotopic (exact) mass is 285 g/mol. The van der Waals surface area contributed by atoms with Crippen LogP contribution in [0.4, 0.5) is 10.5 Å². The van der Waals surface area contributed by atoms with Gasteiger partial charge in [-0.25, -0.2) is 4.79 Å². The predicted molar refractivity (Wildman–Crippen MR) is 63.5 cm³/mol. The maximum Gasteiger partial charge on any atom is 0.414 e. The van der Waals surface area contributed by atoms with Gasteiger partial charge in [-0.3, -0.25) is 4.90 Å². The van der Waals surface area contributed by atoms with Crippen molar-refractivity contribution in [1.29, 1.82) is 0 Å². The second kappa shape index (κ2) is 4.84. The number of cyclic esters (lactones) is 1. The molecule has 86 valence electrons. The Balaban J connectivity index is 2.18. The van der Waals surface area contributed by atoms with Gasteiger partial charge in [-0.15, -0.1) is 0 Å². The molecular formula is C11H12BrNO3. The Labute approximate surface area is 102 Å². The van der Waals surface area contributed by atoms with Crippen LogP contribution in [0, 0.1) is 0 Å². The summed E-state index contributed by atoms with van der Waals surface area (Å²) in [5, 5.41) is 8.92. The molecular weight excluding hydrogens is 274 g/mol. The van der Waals surface area contributed by atoms with Crippen molar-refractivity contribution in [3.05, 3.63) is 28.7 Å². The lowest BCUT2D eigenvalue weighted by molar-refractivity contribution is 0.0452. The molecule has 1 N–H and O–H groups in total. The lowest BCUT2D eigenvalue weighted by Gasteiger charge is -2.31. The van der Waals surface area contributed by atoms with E-state index < -0.39 is 6.09 Å². The van der Waals surface area contributed by atoms with E-state index in [1.165, 1.54) is 0 Å². The van der Waals surface area contributed by atoms with Crippen molar-refractivity contribution in [3.8, 4) is 0 Å². The molecule has 1 saturated heterocycles. The molecule has 0 saturated carbocycles. The minimum atomic E-state index is -0.405. The smallest absolute Gasteiger partial charge is 0.414 e. The summed E-state index contributed by atoms with van der Waals surface area (Å²) in [7, 11) is 0. The molecule has 16 heavy (non-hydrogen) atoms. The summed E-state index contributed by atoms with van der Waals surface area (Å²) in [6, 6.07) is 7.48. The van der Waals surface area contributed by atoms with Crippen LogP contribution in [0.25, 0.3) is 0 Å². The maximum atomic E-state index is 11.7. The fourth-order valence-electron chi connectivity index (χ4n) is 1.65. The second-order valence-corrected chi connectivity index (χ2v) is 4.43. The van der Waals surface area contributed by atoms with Gasteiger partial charge < -0.3 is 9.84 Å². The lowest BCUT2D eigenvalue weighted by Crippen LogP contribution is -2.43. The Bertz CT molecular complexity index is 397. The normalized spacial score (nSPS) is 20.8. The highest BCUT2D eigenvalue weighted by Crippen LogP contribution is 2.28. The second-order valence-electron chi connectivity index (χ2n) is 3.58. The van der Waals surface area contributed by atoms with Crippen LogP contribution >= 0.6 is 15.9 Å². The molecule has 0 radical (unpaired) electrons. The third-order valence-corrected chi connectivity index (χ3v) is 3.18. The van der Waals surface area contributed by atoms with Crippen LogP contribution in [0.15, 0.2) is 28.7 Å². The highest BCUT2D eigenvalue weighted by Gasteiger charge is 2.28. The Kier molecular flexibility index (Phi) is 3.46. The Hall–Kier alpha value is -1.07. The van der Waals surface area contributed by atoms with E-state index in [2.05, 4.69) is 15.9 Å². The summed E-state index contributed by atoms with van der Waals surface area (Å²) in [6.45, 7) is 0.447. The number of aliphatic hydroxyl groups excluding tert-OH is 1. The summed E-state index contributed by atoms with van der Waals surface area (Å²) in [6.07, 6.45) is -0.132. The van der Waals surface area contributed by atoms with Crippen molar-refractivity contribution in [2.24, 2.45) is 0 Å². The lowest BCUT2D eigenvalue weighted by atomic mass is 10.2. The van der Waals surface area contributed by atoms with Gasteiger partial charge in [0.15, 0.2) is 0 Å². The van der Waals surface area contributed by atoms with Crippen LogP contribution in [0.3, 0.4) is 0 Å². The molecule has 0 bridgehead atoms. The number of anilines is 1. The molecule has 2 rings (SSSR count). The average molecular weight is 286 g/mol. The number of hydrogen-bond donors (Lipinski definition) is 1. The fraction of sp³-hybridized carbons (Fsp3) is 0.364. The number of halogens is 1. The first-order valence-corrected chi connectivity index (χ1v) is 5.85. The molecule has 0 aromatic heterocycles. The molecule has 1 aliphatic heterocycles. The summed E-state index contributed by atoms with van der Waals surface area (Å²) in [4.78, 5) is 13.3. The number of hydrogen-bond acceptors (Lipinski definition) is 3. The van der Waals surface area contributed by atoms with Crippen LogP contribution in [0.1, 0.15) is 6.42 Å². The summed E-state index contributed by atoms with van der Waals surface area (Å²) < 4.78 is 5.93. The van der Waals surface area contributed by atoms with Gasteiger partial charge in [0.05, 0.1) is 12.3 Å². The van der Waals surface area contributed by atoms with Gasteiger partial charge in [0.2, 0.25) is 0 Å². The molecule has 1 aromatic rings. The standard InChI is InChI=1S/C11H12BrNO3/c12-9-3-1-2-4-10(9)13-6-5-8(7-14)16-11(13)15/h1-4,8,14H,5-7H2. The SMILES string of the molecule is O=C1OC(CO)CCN1c1ccccc1Br. The average Bonchev–Trinajstić information content (AvgIpc) is 2.30. The van der Waals surface area contributed by atoms with Crippen LogP contribution in [0.2, 0.25) is 0 Å². The number of carbonyl (C=O) groups excluding carboxylic acids is 1. The molecule has 1 aromatic carbocycles. The van der Waals surface area contributed by atoms with Crippen LogP contribution < -0.4 is 4.90 Å². The van der Waals surface area contributed by atoms with Crippen molar-refractivity contribution in [3.63, 3.8) is 0 Å². The minimum absolute atomic E-state index is 0.116. The van der Waals surface area contributed by atoms with Crippen molar-refractivity contribution >= 4 is 27.7 Å². The Morgan fingerprint density at radius 2 is 2.25 bits per heavy atom. The highest BCUT2D eigenvalue weighted by molar-refractivity contribution is 9.10. The maximum absolute atomic E-state index is 11.7. The Morgan fingerprint density at radius 3 is 2.88 bits per heavy atom. The molecule has 1 heterocycles. The first kappa shape index (κ1) is 11.4. The third kappa shape index (κ3) is 2.20. The molecule has 0 aliphatic carbocycles. The van der Waals surface area contributed by atoms with Gasteiger partial charge in [0.1, 0.15) is 6.10 Å². The number of rotatable bonds is 2. The topological polar surface area (TPSA) is 49.8 Å². The van der Waals surface area contributed by atoms with E-state index in [1.54, 1.807) is 4.90 Å². The zero-order valence-corrected chi connectivity index (χ0v) is 10.2. The summed E-state index contributed by atoms with van der Waals surface area (Å²) >= 11 is 3.39. The number of aliphatic hydroxyl groups is 1. The molecule has 1 aliphatic rings. The van der Waals surface area contributed by atoms with Crippen LogP contribution in [-0.4, -0.2) is 30.5 Å². The Morgan fingerprint density at radius 1 is 1.50 bits per heavy atom. The predicted octanol–water partition coefficient (Wildman–Crippen LogP) is 2.16. The molecule has 1 unspecified atom stereocenters. The van der Waals surface area contributed by atoms with Gasteiger partial charge >= 0.3 is 6.09 Å². The largest absolute Gasteiger partial charge is 0.443 e. The van der Waals surface area contributed by atoms with E-state index in [4.69, 9.17) is 9.84 Å². The van der Waals surface area contributed by atoms with E-state index in [0.29, 0.717) is 13.0 Å². The summed E-state index contributed by atoms with van der Waals surface area (Å²) in [5.74, 6) is 0. The molecule has 4 nitrogen and oxygen atoms in total. The van der Waals surface area contributed by atoms with Gasteiger partial charge in [-0.2, -0.15) is 0 Å². The highest BCUT2D eigenvalue weighted by atomic mass is 79.9. The number of amides is 1. The van der Waals surface area contributed by atoms with Gasteiger partial charge in [0.25, 0.3) is 0 Å². The number of carbonyl (C=O) groups is 1. The van der Waals surface area contributed by atoms with Crippen molar-refractivity contribution in [2.75, 3.05) is 18.1 Å². The number of nitrogens with zero attached hydrogens (tertiary/aromatic N) is 1. The first-order valence-electron chi connectivity index (χ1n) is 5.06. The third-order valence-electron chi connectivity index (χ3n) is 2.51. The van der Waals surface area contributed by atoms with E-state index >= 15 is 0 Å². The molecule has 1 atom stereocenters. The molecule has 1 amide bonds. The van der Waals surface area contributed by atoms with E-state index in [0.717, 1.165) is 10.2 Å². The van der Waals surface area contributed by atoms with Gasteiger partial charge in [-0.05, 0) is 28.1 Å². The van der Waals surface area contributed by atoms with E-state index in [-0.39, 0.29) is 12.7 Å². The van der Waals surface area contributed by atoms with Crippen molar-refractivity contribution < 1.29 is 14.6 Å². The van der Waals surface area contributed by atoms with Crippen LogP contribution in [-0.2, 0) is 4.74 Å².